The molecule has 6 nitrogen and oxygen atoms in total. The van der Waals surface area contributed by atoms with Crippen molar-refractivity contribution in [3.05, 3.63) is 5.69 Å². The van der Waals surface area contributed by atoms with E-state index in [9.17, 15) is 4.79 Å². The topological polar surface area (TPSA) is 99.0 Å². The van der Waals surface area contributed by atoms with Gasteiger partial charge in [0, 0.05) is 19.5 Å². The molecule has 0 unspecified atom stereocenters. The van der Waals surface area contributed by atoms with Gasteiger partial charge in [0.25, 0.3) is 0 Å². The number of hydrogen-bond acceptors (Lipinski definition) is 4. The molecule has 1 aromatic rings. The highest BCUT2D eigenvalue weighted by atomic mass is 16.1. The SMILES string of the molecule is CCn1nc(C)c(N)c1NCCC(N)=O. The van der Waals surface area contributed by atoms with E-state index >= 15 is 0 Å². The summed E-state index contributed by atoms with van der Waals surface area (Å²) in [7, 11) is 0. The highest BCUT2D eigenvalue weighted by Crippen LogP contribution is 2.21. The van der Waals surface area contributed by atoms with Crippen LogP contribution in [0.15, 0.2) is 0 Å². The molecule has 15 heavy (non-hydrogen) atoms. The van der Waals surface area contributed by atoms with Crippen LogP contribution in [0.1, 0.15) is 19.0 Å². The molecule has 0 aliphatic carbocycles. The summed E-state index contributed by atoms with van der Waals surface area (Å²) in [6.07, 6.45) is 0.285. The van der Waals surface area contributed by atoms with Crippen molar-refractivity contribution in [2.45, 2.75) is 26.8 Å². The lowest BCUT2D eigenvalue weighted by Crippen LogP contribution is -2.17. The van der Waals surface area contributed by atoms with Gasteiger partial charge in [-0.3, -0.25) is 4.79 Å². The van der Waals surface area contributed by atoms with Crippen molar-refractivity contribution < 1.29 is 4.79 Å². The maximum absolute atomic E-state index is 10.6. The van der Waals surface area contributed by atoms with Gasteiger partial charge in [-0.25, -0.2) is 4.68 Å². The van der Waals surface area contributed by atoms with Crippen molar-refractivity contribution >= 4 is 17.4 Å². The number of hydrogen-bond donors (Lipinski definition) is 3. The third-order valence-corrected chi connectivity index (χ3v) is 2.14. The zero-order chi connectivity index (χ0) is 11.4. The first-order valence-electron chi connectivity index (χ1n) is 4.91. The summed E-state index contributed by atoms with van der Waals surface area (Å²) in [5, 5.41) is 7.30. The lowest BCUT2D eigenvalue weighted by atomic mass is 10.3. The van der Waals surface area contributed by atoms with E-state index in [1.165, 1.54) is 0 Å². The minimum absolute atomic E-state index is 0.285. The number of anilines is 2. The maximum Gasteiger partial charge on any atom is 0.219 e. The third-order valence-electron chi connectivity index (χ3n) is 2.14. The van der Waals surface area contributed by atoms with E-state index in [-0.39, 0.29) is 12.3 Å². The van der Waals surface area contributed by atoms with E-state index in [2.05, 4.69) is 10.4 Å². The molecule has 0 saturated carbocycles. The minimum atomic E-state index is -0.333. The molecule has 0 aromatic carbocycles. The molecule has 6 heteroatoms. The first-order valence-corrected chi connectivity index (χ1v) is 4.91. The Morgan fingerprint density at radius 3 is 2.80 bits per heavy atom. The fourth-order valence-corrected chi connectivity index (χ4v) is 1.31. The van der Waals surface area contributed by atoms with Crippen LogP contribution in [-0.2, 0) is 11.3 Å². The molecule has 0 radical (unpaired) electrons. The number of nitrogens with zero attached hydrogens (tertiary/aromatic N) is 2. The average Bonchev–Trinajstić information content (AvgIpc) is 2.44. The van der Waals surface area contributed by atoms with Crippen LogP contribution < -0.4 is 16.8 Å². The summed E-state index contributed by atoms with van der Waals surface area (Å²) in [6.45, 7) is 5.04. The third kappa shape index (κ3) is 2.61. The molecule has 0 atom stereocenters. The average molecular weight is 211 g/mol. The van der Waals surface area contributed by atoms with E-state index in [0.717, 1.165) is 18.1 Å². The van der Waals surface area contributed by atoms with Crippen LogP contribution in [0.3, 0.4) is 0 Å². The first kappa shape index (κ1) is 11.4. The fourth-order valence-electron chi connectivity index (χ4n) is 1.31. The van der Waals surface area contributed by atoms with E-state index in [1.54, 1.807) is 4.68 Å². The maximum atomic E-state index is 10.6. The molecule has 0 aliphatic rings. The highest BCUT2D eigenvalue weighted by Gasteiger charge is 2.10. The Morgan fingerprint density at radius 1 is 1.60 bits per heavy atom. The van der Waals surface area contributed by atoms with Gasteiger partial charge < -0.3 is 16.8 Å². The molecule has 1 amide bonds. The second-order valence-electron chi connectivity index (χ2n) is 3.31. The number of amides is 1. The zero-order valence-corrected chi connectivity index (χ0v) is 9.08. The number of nitrogen functional groups attached to an aromatic ring is 1. The smallest absolute Gasteiger partial charge is 0.219 e. The number of carbonyl (C=O) groups is 1. The predicted octanol–water partition coefficient (Wildman–Crippen LogP) is 0.0809. The number of carbonyl (C=O) groups excluding carboxylic acids is 1. The van der Waals surface area contributed by atoms with Crippen molar-refractivity contribution in [1.29, 1.82) is 0 Å². The molecule has 84 valence electrons. The summed E-state index contributed by atoms with van der Waals surface area (Å²) in [6, 6.07) is 0. The number of aryl methyl sites for hydroxylation is 2. The van der Waals surface area contributed by atoms with Gasteiger partial charge in [-0.2, -0.15) is 5.10 Å². The summed E-state index contributed by atoms with van der Waals surface area (Å²) in [5.41, 5.74) is 12.3. The molecule has 1 heterocycles. The Hall–Kier alpha value is -1.72. The fraction of sp³-hybridized carbons (Fsp3) is 0.556. The Bertz CT molecular complexity index is 358. The molecule has 0 aliphatic heterocycles. The van der Waals surface area contributed by atoms with Gasteiger partial charge in [-0.05, 0) is 13.8 Å². The van der Waals surface area contributed by atoms with Crippen LogP contribution in [-0.4, -0.2) is 22.2 Å². The Balaban J connectivity index is 2.70. The van der Waals surface area contributed by atoms with E-state index in [1.807, 2.05) is 13.8 Å². The minimum Gasteiger partial charge on any atom is -0.394 e. The van der Waals surface area contributed by atoms with Gasteiger partial charge in [0.05, 0.1) is 11.4 Å². The van der Waals surface area contributed by atoms with Gasteiger partial charge >= 0.3 is 0 Å². The van der Waals surface area contributed by atoms with Crippen molar-refractivity contribution in [2.75, 3.05) is 17.6 Å². The van der Waals surface area contributed by atoms with E-state index in [4.69, 9.17) is 11.5 Å². The number of primary amides is 1. The standard InChI is InChI=1S/C9H17N5O/c1-3-14-9(8(11)6(2)13-14)12-5-4-7(10)15/h12H,3-5,11H2,1-2H3,(H2,10,15). The van der Waals surface area contributed by atoms with Crippen molar-refractivity contribution in [3.8, 4) is 0 Å². The van der Waals surface area contributed by atoms with Crippen LogP contribution in [0.4, 0.5) is 11.5 Å². The summed E-state index contributed by atoms with van der Waals surface area (Å²) in [4.78, 5) is 10.6. The van der Waals surface area contributed by atoms with Crippen molar-refractivity contribution in [3.63, 3.8) is 0 Å². The normalized spacial score (nSPS) is 10.3. The highest BCUT2D eigenvalue weighted by molar-refractivity contribution is 5.74. The van der Waals surface area contributed by atoms with Gasteiger partial charge in [0.15, 0.2) is 0 Å². The molecular weight excluding hydrogens is 194 g/mol. The number of nitrogens with one attached hydrogen (secondary N) is 1. The van der Waals surface area contributed by atoms with E-state index < -0.39 is 0 Å². The quantitative estimate of drug-likeness (QED) is 0.642. The van der Waals surface area contributed by atoms with E-state index in [0.29, 0.717) is 12.2 Å². The van der Waals surface area contributed by atoms with Crippen LogP contribution in [0.2, 0.25) is 0 Å². The second-order valence-corrected chi connectivity index (χ2v) is 3.31. The lowest BCUT2D eigenvalue weighted by Gasteiger charge is -2.07. The lowest BCUT2D eigenvalue weighted by molar-refractivity contribution is -0.117. The van der Waals surface area contributed by atoms with Crippen molar-refractivity contribution in [1.82, 2.24) is 9.78 Å². The summed E-state index contributed by atoms with van der Waals surface area (Å²) >= 11 is 0. The summed E-state index contributed by atoms with van der Waals surface area (Å²) < 4.78 is 1.77. The predicted molar refractivity (Wildman–Crippen MR) is 59.4 cm³/mol. The number of rotatable bonds is 5. The largest absolute Gasteiger partial charge is 0.394 e. The Labute approximate surface area is 88.6 Å². The van der Waals surface area contributed by atoms with Crippen LogP contribution in [0, 0.1) is 6.92 Å². The Kier molecular flexibility index (Phi) is 3.54. The molecule has 1 rings (SSSR count). The molecule has 0 fully saturated rings. The molecule has 1 aromatic heterocycles. The van der Waals surface area contributed by atoms with Gasteiger partial charge in [0.1, 0.15) is 5.82 Å². The molecule has 5 N–H and O–H groups in total. The Morgan fingerprint density at radius 2 is 2.27 bits per heavy atom. The van der Waals surface area contributed by atoms with Crippen LogP contribution >= 0.6 is 0 Å². The number of aromatic nitrogens is 2. The summed E-state index contributed by atoms with van der Waals surface area (Å²) in [5.74, 6) is 0.427. The first-order chi connectivity index (χ1) is 7.06. The monoisotopic (exact) mass is 211 g/mol. The molecular formula is C9H17N5O. The zero-order valence-electron chi connectivity index (χ0n) is 9.08. The molecule has 0 saturated heterocycles. The van der Waals surface area contributed by atoms with Crippen LogP contribution in [0.25, 0.3) is 0 Å². The molecule has 0 bridgehead atoms. The number of nitrogens with two attached hydrogens (primary N) is 2. The van der Waals surface area contributed by atoms with Gasteiger partial charge in [-0.1, -0.05) is 0 Å². The molecule has 0 spiro atoms. The van der Waals surface area contributed by atoms with Gasteiger partial charge in [0.2, 0.25) is 5.91 Å². The van der Waals surface area contributed by atoms with Crippen molar-refractivity contribution in [2.24, 2.45) is 5.73 Å². The van der Waals surface area contributed by atoms with Gasteiger partial charge in [-0.15, -0.1) is 0 Å². The van der Waals surface area contributed by atoms with Crippen LogP contribution in [0.5, 0.6) is 0 Å². The second kappa shape index (κ2) is 4.68.